The van der Waals surface area contributed by atoms with Crippen molar-refractivity contribution in [3.05, 3.63) is 34.1 Å². The van der Waals surface area contributed by atoms with Gasteiger partial charge >= 0.3 is 6.03 Å². The molecule has 1 aromatic rings. The third kappa shape index (κ3) is 2.47. The molecule has 2 aliphatic rings. The first-order valence-electron chi connectivity index (χ1n) is 6.35. The van der Waals surface area contributed by atoms with Gasteiger partial charge in [-0.15, -0.1) is 0 Å². The Morgan fingerprint density at radius 1 is 1.42 bits per heavy atom. The van der Waals surface area contributed by atoms with Crippen molar-refractivity contribution >= 4 is 22.0 Å². The Labute approximate surface area is 119 Å². The molecule has 102 valence electrons. The zero-order valence-corrected chi connectivity index (χ0v) is 12.0. The molecule has 2 heterocycles. The molecule has 2 saturated heterocycles. The molecule has 6 heteroatoms. The maximum absolute atomic E-state index is 13.5. The summed E-state index contributed by atoms with van der Waals surface area (Å²) in [7, 11) is 0. The third-order valence-corrected chi connectivity index (χ3v) is 4.63. The van der Waals surface area contributed by atoms with Crippen LogP contribution < -0.4 is 5.32 Å². The normalized spacial score (nSPS) is 23.4. The molecule has 3 rings (SSSR count). The first-order chi connectivity index (χ1) is 9.15. The fourth-order valence-corrected chi connectivity index (χ4v) is 3.11. The van der Waals surface area contributed by atoms with E-state index in [4.69, 9.17) is 0 Å². The van der Waals surface area contributed by atoms with E-state index in [9.17, 15) is 9.18 Å². The van der Waals surface area contributed by atoms with Crippen molar-refractivity contribution in [1.29, 1.82) is 0 Å². The first kappa shape index (κ1) is 12.9. The molecule has 0 aromatic heterocycles. The Morgan fingerprint density at radius 3 is 3.11 bits per heavy atom. The molecular weight excluding hydrogens is 313 g/mol. The molecule has 4 nitrogen and oxygen atoms in total. The fourth-order valence-electron chi connectivity index (χ4n) is 2.72. The number of urea groups is 1. The zero-order chi connectivity index (χ0) is 13.4. The molecule has 1 unspecified atom stereocenters. The lowest BCUT2D eigenvalue weighted by molar-refractivity contribution is 0.116. The van der Waals surface area contributed by atoms with Crippen LogP contribution in [0.5, 0.6) is 0 Å². The van der Waals surface area contributed by atoms with Gasteiger partial charge in [0.15, 0.2) is 0 Å². The highest BCUT2D eigenvalue weighted by Crippen LogP contribution is 2.23. The number of benzene rings is 1. The van der Waals surface area contributed by atoms with Crippen LogP contribution >= 0.6 is 15.9 Å². The minimum Gasteiger partial charge on any atom is -0.336 e. The van der Waals surface area contributed by atoms with Gasteiger partial charge in [0.1, 0.15) is 5.82 Å². The summed E-state index contributed by atoms with van der Waals surface area (Å²) in [6, 6.07) is 5.39. The number of nitrogens with one attached hydrogen (secondary N) is 1. The molecular formula is C13H15BrFN3O. The number of fused-ring (bicyclic) bond motifs is 1. The number of rotatable bonds is 2. The van der Waals surface area contributed by atoms with Crippen molar-refractivity contribution < 1.29 is 9.18 Å². The van der Waals surface area contributed by atoms with Gasteiger partial charge in [0.05, 0.1) is 10.5 Å². The van der Waals surface area contributed by atoms with Crippen LogP contribution in [-0.4, -0.2) is 48.1 Å². The van der Waals surface area contributed by atoms with Crippen molar-refractivity contribution in [2.45, 2.75) is 12.6 Å². The minimum atomic E-state index is -0.228. The van der Waals surface area contributed by atoms with Gasteiger partial charge < -0.3 is 10.2 Å². The van der Waals surface area contributed by atoms with Gasteiger partial charge in [0.25, 0.3) is 0 Å². The predicted octanol–water partition coefficient (Wildman–Crippen LogP) is 1.80. The molecule has 0 aliphatic carbocycles. The highest BCUT2D eigenvalue weighted by Gasteiger charge is 2.35. The van der Waals surface area contributed by atoms with Gasteiger partial charge in [0, 0.05) is 32.7 Å². The van der Waals surface area contributed by atoms with E-state index in [2.05, 4.69) is 26.1 Å². The standard InChI is InChI=1S/C13H15BrFN3O/c14-12-9(2-1-3-11(12)15)7-17-4-5-18-10(8-17)6-16-13(18)19/h1-3,10H,4-8H2,(H,16,19). The Morgan fingerprint density at radius 2 is 2.26 bits per heavy atom. The Hall–Kier alpha value is -1.14. The first-order valence-corrected chi connectivity index (χ1v) is 7.14. The molecule has 0 bridgehead atoms. The number of piperazine rings is 1. The van der Waals surface area contributed by atoms with Crippen LogP contribution in [-0.2, 0) is 6.54 Å². The molecule has 2 aliphatic heterocycles. The number of amides is 2. The van der Waals surface area contributed by atoms with Crippen molar-refractivity contribution in [1.82, 2.24) is 15.1 Å². The monoisotopic (exact) mass is 327 g/mol. The summed E-state index contributed by atoms with van der Waals surface area (Å²) < 4.78 is 14.0. The lowest BCUT2D eigenvalue weighted by Crippen LogP contribution is -2.51. The maximum Gasteiger partial charge on any atom is 0.317 e. The van der Waals surface area contributed by atoms with Gasteiger partial charge in [0.2, 0.25) is 0 Å². The van der Waals surface area contributed by atoms with Crippen molar-refractivity contribution in [3.63, 3.8) is 0 Å². The second-order valence-corrected chi connectivity index (χ2v) is 5.77. The molecule has 2 amide bonds. The van der Waals surface area contributed by atoms with E-state index in [1.807, 2.05) is 11.0 Å². The number of halogens is 2. The van der Waals surface area contributed by atoms with E-state index in [0.29, 0.717) is 17.6 Å². The molecule has 1 aromatic carbocycles. The number of hydrogen-bond acceptors (Lipinski definition) is 2. The summed E-state index contributed by atoms with van der Waals surface area (Å²) >= 11 is 3.29. The molecule has 0 spiro atoms. The summed E-state index contributed by atoms with van der Waals surface area (Å²) in [4.78, 5) is 15.7. The molecule has 0 radical (unpaired) electrons. The lowest BCUT2D eigenvalue weighted by atomic mass is 10.1. The molecule has 0 saturated carbocycles. The van der Waals surface area contributed by atoms with Crippen LogP contribution in [0.3, 0.4) is 0 Å². The maximum atomic E-state index is 13.5. The van der Waals surface area contributed by atoms with E-state index < -0.39 is 0 Å². The number of hydrogen-bond donors (Lipinski definition) is 1. The summed E-state index contributed by atoms with van der Waals surface area (Å²) in [6.07, 6.45) is 0. The largest absolute Gasteiger partial charge is 0.336 e. The molecule has 1 atom stereocenters. The van der Waals surface area contributed by atoms with E-state index in [1.54, 1.807) is 6.07 Å². The quantitative estimate of drug-likeness (QED) is 0.899. The van der Waals surface area contributed by atoms with Gasteiger partial charge in [-0.2, -0.15) is 0 Å². The van der Waals surface area contributed by atoms with E-state index in [-0.39, 0.29) is 17.9 Å². The lowest BCUT2D eigenvalue weighted by Gasteiger charge is -2.36. The van der Waals surface area contributed by atoms with Crippen LogP contribution in [0.15, 0.2) is 22.7 Å². The summed E-state index contributed by atoms with van der Waals surface area (Å²) in [6.45, 7) is 3.81. The van der Waals surface area contributed by atoms with E-state index >= 15 is 0 Å². The van der Waals surface area contributed by atoms with Crippen LogP contribution in [0, 0.1) is 5.82 Å². The summed E-state index contributed by atoms with van der Waals surface area (Å²) in [5.41, 5.74) is 0.950. The van der Waals surface area contributed by atoms with Gasteiger partial charge in [-0.05, 0) is 27.6 Å². The summed E-state index contributed by atoms with van der Waals surface area (Å²) in [5.74, 6) is -0.228. The number of nitrogens with zero attached hydrogens (tertiary/aromatic N) is 2. The average molecular weight is 328 g/mol. The fraction of sp³-hybridized carbons (Fsp3) is 0.462. The Balaban J connectivity index is 1.68. The average Bonchev–Trinajstić information content (AvgIpc) is 2.76. The second kappa shape index (κ2) is 5.09. The SMILES string of the molecule is O=C1NCC2CN(Cc3cccc(F)c3Br)CCN12. The number of carbonyl (C=O) groups excluding carboxylic acids is 1. The highest BCUT2D eigenvalue weighted by atomic mass is 79.9. The topological polar surface area (TPSA) is 35.6 Å². The van der Waals surface area contributed by atoms with Crippen LogP contribution in [0.2, 0.25) is 0 Å². The van der Waals surface area contributed by atoms with Crippen molar-refractivity contribution in [2.24, 2.45) is 0 Å². The van der Waals surface area contributed by atoms with E-state index in [0.717, 1.165) is 25.2 Å². The Kier molecular flexibility index (Phi) is 3.45. The smallest absolute Gasteiger partial charge is 0.317 e. The van der Waals surface area contributed by atoms with Gasteiger partial charge in [-0.25, -0.2) is 9.18 Å². The predicted molar refractivity (Wildman–Crippen MR) is 73.3 cm³/mol. The highest BCUT2D eigenvalue weighted by molar-refractivity contribution is 9.10. The molecule has 2 fully saturated rings. The van der Waals surface area contributed by atoms with E-state index in [1.165, 1.54) is 6.07 Å². The zero-order valence-electron chi connectivity index (χ0n) is 10.4. The Bertz CT molecular complexity index is 511. The third-order valence-electron chi connectivity index (χ3n) is 3.74. The van der Waals surface area contributed by atoms with Crippen LogP contribution in [0.4, 0.5) is 9.18 Å². The van der Waals surface area contributed by atoms with Gasteiger partial charge in [-0.3, -0.25) is 4.90 Å². The molecule has 1 N–H and O–H groups in total. The molecule has 19 heavy (non-hydrogen) atoms. The van der Waals surface area contributed by atoms with Crippen LogP contribution in [0.1, 0.15) is 5.56 Å². The second-order valence-electron chi connectivity index (χ2n) is 4.98. The van der Waals surface area contributed by atoms with Crippen molar-refractivity contribution in [2.75, 3.05) is 26.2 Å². The summed E-state index contributed by atoms with van der Waals surface area (Å²) in [5, 5.41) is 2.86. The van der Waals surface area contributed by atoms with Crippen LogP contribution in [0.25, 0.3) is 0 Å². The number of carbonyl (C=O) groups is 1. The minimum absolute atomic E-state index is 0.0385. The van der Waals surface area contributed by atoms with Crippen molar-refractivity contribution in [3.8, 4) is 0 Å². The van der Waals surface area contributed by atoms with Gasteiger partial charge in [-0.1, -0.05) is 12.1 Å².